The molecule has 4 heteroatoms. The molecule has 1 heterocycles. The molecular formula is C22H24N2O2. The van der Waals surface area contributed by atoms with Crippen molar-refractivity contribution in [3.8, 4) is 0 Å². The SMILES string of the molecule is CC(=O)N1C=Cc2ccccc2C1CC(=O)Nc1c(C)cc(C)cc1C. The summed E-state index contributed by atoms with van der Waals surface area (Å²) in [6.07, 6.45) is 3.90. The molecule has 26 heavy (non-hydrogen) atoms. The zero-order valence-corrected chi connectivity index (χ0v) is 15.7. The van der Waals surface area contributed by atoms with Crippen molar-refractivity contribution in [3.05, 3.63) is 70.4 Å². The van der Waals surface area contributed by atoms with Gasteiger partial charge in [0.1, 0.15) is 0 Å². The average molecular weight is 348 g/mol. The summed E-state index contributed by atoms with van der Waals surface area (Å²) in [5.74, 6) is -0.169. The first-order chi connectivity index (χ1) is 12.4. The second kappa shape index (κ2) is 7.16. The Kier molecular flexibility index (Phi) is 4.94. The molecule has 3 rings (SSSR count). The van der Waals surface area contributed by atoms with Crippen LogP contribution in [0.4, 0.5) is 5.69 Å². The van der Waals surface area contributed by atoms with Gasteiger partial charge < -0.3 is 10.2 Å². The number of hydrogen-bond acceptors (Lipinski definition) is 2. The number of nitrogens with one attached hydrogen (secondary N) is 1. The first-order valence-corrected chi connectivity index (χ1v) is 8.80. The summed E-state index contributed by atoms with van der Waals surface area (Å²) >= 11 is 0. The van der Waals surface area contributed by atoms with Crippen LogP contribution in [0.3, 0.4) is 0 Å². The summed E-state index contributed by atoms with van der Waals surface area (Å²) in [7, 11) is 0. The fourth-order valence-electron chi connectivity index (χ4n) is 3.66. The third-order valence-corrected chi connectivity index (χ3v) is 4.79. The van der Waals surface area contributed by atoms with E-state index in [0.717, 1.165) is 27.9 Å². The van der Waals surface area contributed by atoms with E-state index in [1.165, 1.54) is 12.5 Å². The van der Waals surface area contributed by atoms with Crippen molar-refractivity contribution in [1.29, 1.82) is 0 Å². The summed E-state index contributed by atoms with van der Waals surface area (Å²) in [6.45, 7) is 7.56. The van der Waals surface area contributed by atoms with Gasteiger partial charge in [-0.1, -0.05) is 42.0 Å². The molecule has 1 atom stereocenters. The molecule has 0 spiro atoms. The third kappa shape index (κ3) is 3.54. The van der Waals surface area contributed by atoms with Gasteiger partial charge in [-0.05, 0) is 49.1 Å². The Hall–Kier alpha value is -2.88. The number of fused-ring (bicyclic) bond motifs is 1. The molecule has 2 aromatic rings. The fourth-order valence-corrected chi connectivity index (χ4v) is 3.66. The lowest BCUT2D eigenvalue weighted by atomic mass is 9.93. The molecule has 4 nitrogen and oxygen atoms in total. The number of rotatable bonds is 3. The van der Waals surface area contributed by atoms with Crippen LogP contribution < -0.4 is 5.32 Å². The van der Waals surface area contributed by atoms with Gasteiger partial charge in [0.15, 0.2) is 0 Å². The lowest BCUT2D eigenvalue weighted by molar-refractivity contribution is -0.129. The molecule has 0 aliphatic carbocycles. The van der Waals surface area contributed by atoms with Gasteiger partial charge in [-0.15, -0.1) is 0 Å². The first-order valence-electron chi connectivity index (χ1n) is 8.80. The van der Waals surface area contributed by atoms with E-state index >= 15 is 0 Å². The van der Waals surface area contributed by atoms with Gasteiger partial charge in [-0.3, -0.25) is 9.59 Å². The summed E-state index contributed by atoms with van der Waals surface area (Å²) in [5.41, 5.74) is 6.16. The highest BCUT2D eigenvalue weighted by Crippen LogP contribution is 2.33. The van der Waals surface area contributed by atoms with Gasteiger partial charge in [-0.2, -0.15) is 0 Å². The van der Waals surface area contributed by atoms with Crippen LogP contribution in [0.2, 0.25) is 0 Å². The zero-order chi connectivity index (χ0) is 18.8. The number of aryl methyl sites for hydroxylation is 3. The third-order valence-electron chi connectivity index (χ3n) is 4.79. The van der Waals surface area contributed by atoms with Crippen molar-refractivity contribution in [2.45, 2.75) is 40.2 Å². The maximum Gasteiger partial charge on any atom is 0.226 e. The number of carbonyl (C=O) groups is 2. The highest BCUT2D eigenvalue weighted by molar-refractivity contribution is 5.93. The second-order valence-electron chi connectivity index (χ2n) is 6.91. The molecule has 2 aromatic carbocycles. The molecule has 0 fully saturated rings. The molecule has 1 N–H and O–H groups in total. The van der Waals surface area contributed by atoms with Crippen LogP contribution in [0, 0.1) is 20.8 Å². The van der Waals surface area contributed by atoms with Crippen molar-refractivity contribution in [3.63, 3.8) is 0 Å². The minimum atomic E-state index is -0.292. The Morgan fingerprint density at radius 1 is 1.08 bits per heavy atom. The predicted octanol–water partition coefficient (Wildman–Crippen LogP) is 4.51. The summed E-state index contributed by atoms with van der Waals surface area (Å²) in [5, 5.41) is 3.04. The minimum Gasteiger partial charge on any atom is -0.326 e. The molecule has 0 bridgehead atoms. The monoisotopic (exact) mass is 348 g/mol. The summed E-state index contributed by atoms with van der Waals surface area (Å²) < 4.78 is 0. The number of hydrogen-bond donors (Lipinski definition) is 1. The number of benzene rings is 2. The molecule has 2 amide bonds. The van der Waals surface area contributed by atoms with E-state index in [-0.39, 0.29) is 24.3 Å². The molecule has 1 aliphatic heterocycles. The van der Waals surface area contributed by atoms with Crippen LogP contribution in [0.1, 0.15) is 47.2 Å². The van der Waals surface area contributed by atoms with Crippen molar-refractivity contribution in [1.82, 2.24) is 4.90 Å². The highest BCUT2D eigenvalue weighted by atomic mass is 16.2. The van der Waals surface area contributed by atoms with E-state index in [1.807, 2.05) is 51.1 Å². The smallest absolute Gasteiger partial charge is 0.226 e. The normalized spacial score (nSPS) is 15.5. The molecule has 0 saturated heterocycles. The number of carbonyl (C=O) groups excluding carboxylic acids is 2. The van der Waals surface area contributed by atoms with Crippen molar-refractivity contribution in [2.24, 2.45) is 0 Å². The number of anilines is 1. The Morgan fingerprint density at radius 3 is 2.38 bits per heavy atom. The molecule has 1 unspecified atom stereocenters. The van der Waals surface area contributed by atoms with Gasteiger partial charge in [0.2, 0.25) is 11.8 Å². The van der Waals surface area contributed by atoms with Gasteiger partial charge in [0.05, 0.1) is 12.5 Å². The van der Waals surface area contributed by atoms with Gasteiger partial charge >= 0.3 is 0 Å². The van der Waals surface area contributed by atoms with Crippen molar-refractivity contribution in [2.75, 3.05) is 5.32 Å². The van der Waals surface area contributed by atoms with Gasteiger partial charge in [0.25, 0.3) is 0 Å². The topological polar surface area (TPSA) is 49.4 Å². The molecular weight excluding hydrogens is 324 g/mol. The molecule has 134 valence electrons. The Bertz CT molecular complexity index is 876. The fraction of sp³-hybridized carbons (Fsp3) is 0.273. The quantitative estimate of drug-likeness (QED) is 0.887. The van der Waals surface area contributed by atoms with E-state index in [9.17, 15) is 9.59 Å². The Labute approximate surface area is 154 Å². The Morgan fingerprint density at radius 2 is 1.73 bits per heavy atom. The van der Waals surface area contributed by atoms with E-state index in [2.05, 4.69) is 17.4 Å². The van der Waals surface area contributed by atoms with E-state index in [0.29, 0.717) is 0 Å². The number of nitrogens with zero attached hydrogens (tertiary/aromatic N) is 1. The van der Waals surface area contributed by atoms with Crippen LogP contribution in [0.15, 0.2) is 42.6 Å². The molecule has 0 aromatic heterocycles. The van der Waals surface area contributed by atoms with Gasteiger partial charge in [0, 0.05) is 18.8 Å². The average Bonchev–Trinajstić information content (AvgIpc) is 2.58. The maximum atomic E-state index is 12.8. The summed E-state index contributed by atoms with van der Waals surface area (Å²) in [4.78, 5) is 26.5. The lowest BCUT2D eigenvalue weighted by Gasteiger charge is -2.32. The van der Waals surface area contributed by atoms with Crippen molar-refractivity contribution < 1.29 is 9.59 Å². The highest BCUT2D eigenvalue weighted by Gasteiger charge is 2.28. The van der Waals surface area contributed by atoms with Gasteiger partial charge in [-0.25, -0.2) is 0 Å². The van der Waals surface area contributed by atoms with E-state index in [1.54, 1.807) is 11.1 Å². The van der Waals surface area contributed by atoms with Crippen LogP contribution in [-0.4, -0.2) is 16.7 Å². The number of amides is 2. The molecule has 0 saturated carbocycles. The largest absolute Gasteiger partial charge is 0.326 e. The zero-order valence-electron chi connectivity index (χ0n) is 15.7. The van der Waals surface area contributed by atoms with Crippen LogP contribution in [0.5, 0.6) is 0 Å². The predicted molar refractivity (Wildman–Crippen MR) is 105 cm³/mol. The first kappa shape index (κ1) is 17.9. The standard InChI is InChI=1S/C22H24N2O2/c1-14-11-15(2)22(16(3)12-14)23-21(26)13-20-19-8-6-5-7-18(19)9-10-24(20)17(4)25/h5-12,20H,13H2,1-4H3,(H,23,26). The van der Waals surface area contributed by atoms with Crippen molar-refractivity contribution >= 4 is 23.6 Å². The van der Waals surface area contributed by atoms with E-state index in [4.69, 9.17) is 0 Å². The Balaban J connectivity index is 1.85. The van der Waals surface area contributed by atoms with Crippen LogP contribution in [0.25, 0.3) is 6.08 Å². The maximum absolute atomic E-state index is 12.8. The lowest BCUT2D eigenvalue weighted by Crippen LogP contribution is -2.33. The molecule has 0 radical (unpaired) electrons. The summed E-state index contributed by atoms with van der Waals surface area (Å²) in [6, 6.07) is 11.7. The van der Waals surface area contributed by atoms with Crippen LogP contribution in [-0.2, 0) is 9.59 Å². The molecule has 1 aliphatic rings. The van der Waals surface area contributed by atoms with Crippen LogP contribution >= 0.6 is 0 Å². The van der Waals surface area contributed by atoms with E-state index < -0.39 is 0 Å². The second-order valence-corrected chi connectivity index (χ2v) is 6.91. The minimum absolute atomic E-state index is 0.0729.